The van der Waals surface area contributed by atoms with Crippen molar-refractivity contribution in [2.45, 2.75) is 46.1 Å². The Balaban J connectivity index is 1.85. The van der Waals surface area contributed by atoms with Crippen molar-refractivity contribution >= 4 is 5.69 Å². The second-order valence-corrected chi connectivity index (χ2v) is 6.16. The van der Waals surface area contributed by atoms with Gasteiger partial charge in [-0.25, -0.2) is 0 Å². The van der Waals surface area contributed by atoms with Gasteiger partial charge in [-0.05, 0) is 56.8 Å². The Labute approximate surface area is 118 Å². The zero-order valence-corrected chi connectivity index (χ0v) is 12.7. The molecule has 1 atom stereocenters. The molecular weight excluding hydrogens is 232 g/mol. The molecule has 1 heterocycles. The first kappa shape index (κ1) is 14.4. The topological polar surface area (TPSA) is 15.3 Å². The quantitative estimate of drug-likeness (QED) is 0.788. The Morgan fingerprint density at radius 2 is 2.11 bits per heavy atom. The van der Waals surface area contributed by atoms with Crippen LogP contribution in [0.25, 0.3) is 0 Å². The molecule has 0 spiro atoms. The maximum atomic E-state index is 3.54. The molecule has 0 amide bonds. The Kier molecular flexibility index (Phi) is 5.26. The molecule has 0 bridgehead atoms. The van der Waals surface area contributed by atoms with E-state index in [9.17, 15) is 0 Å². The number of anilines is 1. The van der Waals surface area contributed by atoms with Crippen LogP contribution in [0.3, 0.4) is 0 Å². The minimum Gasteiger partial charge on any atom is -0.369 e. The Morgan fingerprint density at radius 3 is 2.89 bits per heavy atom. The molecule has 0 saturated carbocycles. The number of nitrogens with zero attached hydrogens (tertiary/aromatic N) is 1. The molecule has 1 N–H and O–H groups in total. The minimum atomic E-state index is 0.681. The van der Waals surface area contributed by atoms with Crippen molar-refractivity contribution in [3.8, 4) is 0 Å². The van der Waals surface area contributed by atoms with Gasteiger partial charge >= 0.3 is 0 Å². The maximum Gasteiger partial charge on any atom is 0.0401 e. The van der Waals surface area contributed by atoms with Crippen LogP contribution in [0.2, 0.25) is 0 Å². The second-order valence-electron chi connectivity index (χ2n) is 6.16. The van der Waals surface area contributed by atoms with Crippen LogP contribution in [0.1, 0.15) is 39.2 Å². The lowest BCUT2D eigenvalue weighted by Gasteiger charge is -2.37. The number of aryl methyl sites for hydroxylation is 1. The van der Waals surface area contributed by atoms with E-state index in [2.05, 4.69) is 55.3 Å². The number of fused-ring (bicyclic) bond motifs is 1. The molecule has 1 aliphatic rings. The molecule has 2 nitrogen and oxygen atoms in total. The van der Waals surface area contributed by atoms with Crippen molar-refractivity contribution in [3.05, 3.63) is 29.8 Å². The molecule has 2 heteroatoms. The van der Waals surface area contributed by atoms with Crippen LogP contribution in [-0.4, -0.2) is 25.7 Å². The predicted molar refractivity (Wildman–Crippen MR) is 83.9 cm³/mol. The van der Waals surface area contributed by atoms with E-state index in [4.69, 9.17) is 0 Å². The lowest BCUT2D eigenvalue weighted by molar-refractivity contribution is 0.516. The standard InChI is InChI=1S/C17H28N2/c1-14(2)13-18-11-6-12-19-15(3)9-10-16-7-4-5-8-17(16)19/h4-5,7-8,14-15,18H,6,9-13H2,1-3H3. The second kappa shape index (κ2) is 6.95. The molecule has 1 aliphatic heterocycles. The number of nitrogens with one attached hydrogen (secondary N) is 1. The lowest BCUT2D eigenvalue weighted by Crippen LogP contribution is -2.39. The van der Waals surface area contributed by atoms with E-state index >= 15 is 0 Å². The van der Waals surface area contributed by atoms with Gasteiger partial charge in [0.25, 0.3) is 0 Å². The molecule has 0 aliphatic carbocycles. The molecule has 0 fully saturated rings. The summed E-state index contributed by atoms with van der Waals surface area (Å²) in [7, 11) is 0. The van der Waals surface area contributed by atoms with Gasteiger partial charge in [0.05, 0.1) is 0 Å². The minimum absolute atomic E-state index is 0.681. The summed E-state index contributed by atoms with van der Waals surface area (Å²) in [6.07, 6.45) is 3.75. The summed E-state index contributed by atoms with van der Waals surface area (Å²) in [5.74, 6) is 0.745. The van der Waals surface area contributed by atoms with Crippen LogP contribution in [0.5, 0.6) is 0 Å². The number of rotatable bonds is 6. The summed E-state index contributed by atoms with van der Waals surface area (Å²) in [6.45, 7) is 10.3. The van der Waals surface area contributed by atoms with Gasteiger partial charge in [0.1, 0.15) is 0 Å². The SMILES string of the molecule is CC(C)CNCCCN1c2ccccc2CCC1C. The van der Waals surface area contributed by atoms with E-state index in [0.717, 1.165) is 19.0 Å². The van der Waals surface area contributed by atoms with Gasteiger partial charge < -0.3 is 10.2 Å². The average molecular weight is 260 g/mol. The van der Waals surface area contributed by atoms with E-state index in [1.165, 1.54) is 37.1 Å². The maximum absolute atomic E-state index is 3.54. The Hall–Kier alpha value is -1.02. The van der Waals surface area contributed by atoms with Crippen LogP contribution in [0.4, 0.5) is 5.69 Å². The molecule has 0 radical (unpaired) electrons. The smallest absolute Gasteiger partial charge is 0.0401 e. The highest BCUT2D eigenvalue weighted by molar-refractivity contribution is 5.56. The molecule has 0 saturated heterocycles. The van der Waals surface area contributed by atoms with Crippen molar-refractivity contribution in [2.24, 2.45) is 5.92 Å². The molecule has 1 aromatic carbocycles. The van der Waals surface area contributed by atoms with Crippen LogP contribution < -0.4 is 10.2 Å². The Morgan fingerprint density at radius 1 is 1.32 bits per heavy atom. The highest BCUT2D eigenvalue weighted by atomic mass is 15.2. The van der Waals surface area contributed by atoms with Crippen molar-refractivity contribution in [1.29, 1.82) is 0 Å². The largest absolute Gasteiger partial charge is 0.369 e. The molecule has 19 heavy (non-hydrogen) atoms. The number of hydrogen-bond acceptors (Lipinski definition) is 2. The van der Waals surface area contributed by atoms with Gasteiger partial charge in [0.2, 0.25) is 0 Å². The third kappa shape index (κ3) is 3.97. The fourth-order valence-corrected chi connectivity index (χ4v) is 2.87. The molecule has 1 aromatic rings. The van der Waals surface area contributed by atoms with Crippen LogP contribution in [-0.2, 0) is 6.42 Å². The molecule has 0 aromatic heterocycles. The zero-order chi connectivity index (χ0) is 13.7. The first-order valence-corrected chi connectivity index (χ1v) is 7.73. The van der Waals surface area contributed by atoms with Gasteiger partial charge in [-0.15, -0.1) is 0 Å². The van der Waals surface area contributed by atoms with Crippen molar-refractivity contribution in [3.63, 3.8) is 0 Å². The normalized spacial score (nSPS) is 18.7. The fourth-order valence-electron chi connectivity index (χ4n) is 2.87. The summed E-state index contributed by atoms with van der Waals surface area (Å²) in [5.41, 5.74) is 2.99. The number of hydrogen-bond donors (Lipinski definition) is 1. The van der Waals surface area contributed by atoms with Gasteiger partial charge in [0, 0.05) is 18.3 Å². The predicted octanol–water partition coefficient (Wildman–Crippen LogP) is 3.46. The number of benzene rings is 1. The first-order chi connectivity index (χ1) is 9.18. The van der Waals surface area contributed by atoms with Crippen LogP contribution in [0, 0.1) is 5.92 Å². The molecular formula is C17H28N2. The van der Waals surface area contributed by atoms with Crippen LogP contribution in [0.15, 0.2) is 24.3 Å². The molecule has 2 rings (SSSR count). The van der Waals surface area contributed by atoms with E-state index in [-0.39, 0.29) is 0 Å². The van der Waals surface area contributed by atoms with Crippen molar-refractivity contribution < 1.29 is 0 Å². The van der Waals surface area contributed by atoms with E-state index in [1.807, 2.05) is 0 Å². The zero-order valence-electron chi connectivity index (χ0n) is 12.7. The van der Waals surface area contributed by atoms with Crippen molar-refractivity contribution in [1.82, 2.24) is 5.32 Å². The van der Waals surface area contributed by atoms with Gasteiger partial charge in [0.15, 0.2) is 0 Å². The summed E-state index contributed by atoms with van der Waals surface area (Å²) in [5, 5.41) is 3.54. The first-order valence-electron chi connectivity index (χ1n) is 7.73. The summed E-state index contributed by atoms with van der Waals surface area (Å²) >= 11 is 0. The van der Waals surface area contributed by atoms with Gasteiger partial charge in [-0.1, -0.05) is 32.0 Å². The lowest BCUT2D eigenvalue weighted by atomic mass is 9.96. The Bertz CT molecular complexity index is 387. The average Bonchev–Trinajstić information content (AvgIpc) is 2.40. The third-order valence-electron chi connectivity index (χ3n) is 3.97. The molecule has 106 valence electrons. The van der Waals surface area contributed by atoms with E-state index in [1.54, 1.807) is 0 Å². The van der Waals surface area contributed by atoms with Crippen molar-refractivity contribution in [2.75, 3.05) is 24.5 Å². The fraction of sp³-hybridized carbons (Fsp3) is 0.647. The highest BCUT2D eigenvalue weighted by Crippen LogP contribution is 2.30. The summed E-state index contributed by atoms with van der Waals surface area (Å²) in [6, 6.07) is 9.58. The highest BCUT2D eigenvalue weighted by Gasteiger charge is 2.21. The number of para-hydroxylation sites is 1. The monoisotopic (exact) mass is 260 g/mol. The third-order valence-corrected chi connectivity index (χ3v) is 3.97. The van der Waals surface area contributed by atoms with Crippen LogP contribution >= 0.6 is 0 Å². The van der Waals surface area contributed by atoms with E-state index < -0.39 is 0 Å². The summed E-state index contributed by atoms with van der Waals surface area (Å²) in [4.78, 5) is 2.59. The van der Waals surface area contributed by atoms with Gasteiger partial charge in [-0.3, -0.25) is 0 Å². The van der Waals surface area contributed by atoms with E-state index in [0.29, 0.717) is 6.04 Å². The summed E-state index contributed by atoms with van der Waals surface area (Å²) < 4.78 is 0. The molecule has 1 unspecified atom stereocenters. The van der Waals surface area contributed by atoms with Gasteiger partial charge in [-0.2, -0.15) is 0 Å².